The minimum Gasteiger partial charge on any atom is -0.493 e. The molecule has 1 aliphatic rings. The van der Waals surface area contributed by atoms with Crippen LogP contribution in [0, 0.1) is 0 Å². The Balaban J connectivity index is 2.50. The predicted octanol–water partition coefficient (Wildman–Crippen LogP) is 2.58. The summed E-state index contributed by atoms with van der Waals surface area (Å²) in [5, 5.41) is 0. The van der Waals surface area contributed by atoms with Crippen LogP contribution in [0.3, 0.4) is 0 Å². The van der Waals surface area contributed by atoms with Crippen LogP contribution in [-0.2, 0) is 16.9 Å². The molecular formula is C15H23NO3. The molecule has 0 aliphatic heterocycles. The zero-order chi connectivity index (χ0) is 13.9. The summed E-state index contributed by atoms with van der Waals surface area (Å²) in [4.78, 5) is 0. The third kappa shape index (κ3) is 2.69. The molecule has 106 valence electrons. The van der Waals surface area contributed by atoms with Gasteiger partial charge < -0.3 is 19.9 Å². The first-order chi connectivity index (χ1) is 9.14. The molecule has 1 aromatic rings. The van der Waals surface area contributed by atoms with Crippen LogP contribution < -0.4 is 15.2 Å². The molecule has 0 heterocycles. The summed E-state index contributed by atoms with van der Waals surface area (Å²) >= 11 is 0. The SMILES string of the molecule is COCc1cc(OC)c(OC)cc1C1(N)CCCC1. The zero-order valence-electron chi connectivity index (χ0n) is 12.0. The first-order valence-electron chi connectivity index (χ1n) is 6.68. The van der Waals surface area contributed by atoms with Crippen molar-refractivity contribution in [3.05, 3.63) is 23.3 Å². The largest absolute Gasteiger partial charge is 0.493 e. The van der Waals surface area contributed by atoms with Crippen LogP contribution in [0.5, 0.6) is 11.5 Å². The Bertz CT molecular complexity index is 439. The van der Waals surface area contributed by atoms with Crippen LogP contribution in [0.25, 0.3) is 0 Å². The molecule has 0 bridgehead atoms. The molecule has 0 atom stereocenters. The minimum atomic E-state index is -0.257. The van der Waals surface area contributed by atoms with Crippen LogP contribution in [0.2, 0.25) is 0 Å². The molecule has 0 aromatic heterocycles. The van der Waals surface area contributed by atoms with E-state index in [0.717, 1.165) is 35.5 Å². The average molecular weight is 265 g/mol. The van der Waals surface area contributed by atoms with E-state index in [1.165, 1.54) is 12.8 Å². The fourth-order valence-electron chi connectivity index (χ4n) is 2.93. The Morgan fingerprint density at radius 2 is 1.63 bits per heavy atom. The fraction of sp³-hybridized carbons (Fsp3) is 0.600. The van der Waals surface area contributed by atoms with E-state index >= 15 is 0 Å². The second-order valence-corrected chi connectivity index (χ2v) is 5.16. The van der Waals surface area contributed by atoms with Gasteiger partial charge in [0.15, 0.2) is 11.5 Å². The van der Waals surface area contributed by atoms with Crippen LogP contribution >= 0.6 is 0 Å². The van der Waals surface area contributed by atoms with Crippen molar-refractivity contribution in [3.63, 3.8) is 0 Å². The number of hydrogen-bond acceptors (Lipinski definition) is 4. The Morgan fingerprint density at radius 1 is 1.05 bits per heavy atom. The van der Waals surface area contributed by atoms with Gasteiger partial charge in [-0.15, -0.1) is 0 Å². The van der Waals surface area contributed by atoms with Gasteiger partial charge in [0.2, 0.25) is 0 Å². The number of hydrogen-bond donors (Lipinski definition) is 1. The van der Waals surface area contributed by atoms with E-state index in [4.69, 9.17) is 19.9 Å². The molecule has 0 radical (unpaired) electrons. The van der Waals surface area contributed by atoms with Gasteiger partial charge in [-0.2, -0.15) is 0 Å². The van der Waals surface area contributed by atoms with Crippen LogP contribution in [0.1, 0.15) is 36.8 Å². The lowest BCUT2D eigenvalue weighted by Crippen LogP contribution is -2.34. The maximum Gasteiger partial charge on any atom is 0.161 e. The molecule has 4 nitrogen and oxygen atoms in total. The molecule has 0 spiro atoms. The molecule has 19 heavy (non-hydrogen) atoms. The van der Waals surface area contributed by atoms with E-state index in [0.29, 0.717) is 6.61 Å². The van der Waals surface area contributed by atoms with Crippen LogP contribution in [0.4, 0.5) is 0 Å². The van der Waals surface area contributed by atoms with Gasteiger partial charge in [-0.1, -0.05) is 12.8 Å². The Hall–Kier alpha value is -1.26. The minimum absolute atomic E-state index is 0.257. The van der Waals surface area contributed by atoms with Gasteiger partial charge in [-0.05, 0) is 36.1 Å². The van der Waals surface area contributed by atoms with Gasteiger partial charge >= 0.3 is 0 Å². The van der Waals surface area contributed by atoms with Crippen molar-refractivity contribution in [3.8, 4) is 11.5 Å². The lowest BCUT2D eigenvalue weighted by molar-refractivity contribution is 0.182. The smallest absolute Gasteiger partial charge is 0.161 e. The standard InChI is InChI=1S/C15H23NO3/c1-17-10-11-8-13(18-2)14(19-3)9-12(11)15(16)6-4-5-7-15/h8-9H,4-7,10,16H2,1-3H3. The Kier molecular flexibility index (Phi) is 4.32. The van der Waals surface area contributed by atoms with Crippen LogP contribution in [-0.4, -0.2) is 21.3 Å². The molecule has 4 heteroatoms. The molecule has 0 saturated heterocycles. The number of methoxy groups -OCH3 is 3. The lowest BCUT2D eigenvalue weighted by Gasteiger charge is -2.28. The first kappa shape index (κ1) is 14.2. The van der Waals surface area contributed by atoms with E-state index in [1.807, 2.05) is 12.1 Å². The average Bonchev–Trinajstić information content (AvgIpc) is 2.86. The van der Waals surface area contributed by atoms with E-state index in [1.54, 1.807) is 21.3 Å². The van der Waals surface area contributed by atoms with E-state index in [-0.39, 0.29) is 5.54 Å². The maximum atomic E-state index is 6.57. The first-order valence-corrected chi connectivity index (χ1v) is 6.68. The summed E-state index contributed by atoms with van der Waals surface area (Å²) in [6.07, 6.45) is 4.38. The zero-order valence-corrected chi connectivity index (χ0v) is 12.0. The van der Waals surface area contributed by atoms with E-state index < -0.39 is 0 Å². The number of benzene rings is 1. The summed E-state index contributed by atoms with van der Waals surface area (Å²) in [5.41, 5.74) is 8.53. The van der Waals surface area contributed by atoms with Crippen molar-refractivity contribution < 1.29 is 14.2 Å². The molecule has 1 fully saturated rings. The van der Waals surface area contributed by atoms with Gasteiger partial charge in [-0.3, -0.25) is 0 Å². The van der Waals surface area contributed by atoms with Gasteiger partial charge in [-0.25, -0.2) is 0 Å². The number of rotatable bonds is 5. The topological polar surface area (TPSA) is 53.7 Å². The van der Waals surface area contributed by atoms with E-state index in [9.17, 15) is 0 Å². The summed E-state index contributed by atoms with van der Waals surface area (Å²) < 4.78 is 16.0. The van der Waals surface area contributed by atoms with Gasteiger partial charge in [0.1, 0.15) is 0 Å². The number of nitrogens with two attached hydrogens (primary N) is 1. The van der Waals surface area contributed by atoms with Crippen molar-refractivity contribution in [1.29, 1.82) is 0 Å². The van der Waals surface area contributed by atoms with Gasteiger partial charge in [0.25, 0.3) is 0 Å². The number of ether oxygens (including phenoxy) is 3. The van der Waals surface area contributed by atoms with E-state index in [2.05, 4.69) is 0 Å². The highest BCUT2D eigenvalue weighted by Gasteiger charge is 2.34. The summed E-state index contributed by atoms with van der Waals surface area (Å²) in [5.74, 6) is 1.45. The highest BCUT2D eigenvalue weighted by Crippen LogP contribution is 2.42. The normalized spacial score (nSPS) is 17.5. The third-order valence-electron chi connectivity index (χ3n) is 3.94. The maximum absolute atomic E-state index is 6.57. The molecular weight excluding hydrogens is 242 g/mol. The summed E-state index contributed by atoms with van der Waals surface area (Å²) in [6.45, 7) is 0.536. The van der Waals surface area contributed by atoms with Crippen molar-refractivity contribution in [2.75, 3.05) is 21.3 Å². The van der Waals surface area contributed by atoms with Gasteiger partial charge in [0.05, 0.1) is 20.8 Å². The molecule has 1 aliphatic carbocycles. The molecule has 0 amide bonds. The lowest BCUT2D eigenvalue weighted by atomic mass is 9.85. The molecule has 1 saturated carbocycles. The monoisotopic (exact) mass is 265 g/mol. The van der Waals surface area contributed by atoms with Crippen LogP contribution in [0.15, 0.2) is 12.1 Å². The Labute approximate surface area is 114 Å². The Morgan fingerprint density at radius 3 is 2.16 bits per heavy atom. The predicted molar refractivity (Wildman–Crippen MR) is 74.6 cm³/mol. The van der Waals surface area contributed by atoms with Crippen molar-refractivity contribution >= 4 is 0 Å². The molecule has 0 unspecified atom stereocenters. The summed E-state index contributed by atoms with van der Waals surface area (Å²) in [6, 6.07) is 3.99. The quantitative estimate of drug-likeness (QED) is 0.889. The molecule has 2 N–H and O–H groups in total. The fourth-order valence-corrected chi connectivity index (χ4v) is 2.93. The summed E-state index contributed by atoms with van der Waals surface area (Å²) in [7, 11) is 4.98. The van der Waals surface area contributed by atoms with Crippen molar-refractivity contribution in [2.45, 2.75) is 37.8 Å². The molecule has 2 rings (SSSR count). The van der Waals surface area contributed by atoms with Crippen molar-refractivity contribution in [2.24, 2.45) is 5.73 Å². The third-order valence-corrected chi connectivity index (χ3v) is 3.94. The highest BCUT2D eigenvalue weighted by atomic mass is 16.5. The van der Waals surface area contributed by atoms with Crippen molar-refractivity contribution in [1.82, 2.24) is 0 Å². The second kappa shape index (κ2) is 5.80. The second-order valence-electron chi connectivity index (χ2n) is 5.16. The highest BCUT2D eigenvalue weighted by molar-refractivity contribution is 5.50. The molecule has 1 aromatic carbocycles. The van der Waals surface area contributed by atoms with Gasteiger partial charge in [0, 0.05) is 12.6 Å².